The summed E-state index contributed by atoms with van der Waals surface area (Å²) in [6.45, 7) is 8.79. The van der Waals surface area contributed by atoms with Gasteiger partial charge in [0.1, 0.15) is 5.75 Å². The van der Waals surface area contributed by atoms with Crippen molar-refractivity contribution >= 4 is 0 Å². The summed E-state index contributed by atoms with van der Waals surface area (Å²) in [4.78, 5) is 0. The van der Waals surface area contributed by atoms with Gasteiger partial charge in [0, 0.05) is 12.1 Å². The van der Waals surface area contributed by atoms with E-state index in [1.807, 2.05) is 25.1 Å². The van der Waals surface area contributed by atoms with Crippen LogP contribution < -0.4 is 10.1 Å². The first-order chi connectivity index (χ1) is 7.83. The molecule has 0 heterocycles. The fourth-order valence-corrected chi connectivity index (χ4v) is 1.66. The maximum absolute atomic E-state index is 10.1. The molecule has 17 heavy (non-hydrogen) atoms. The predicted octanol–water partition coefficient (Wildman–Crippen LogP) is 2.43. The first-order valence-electron chi connectivity index (χ1n) is 5.91. The number of methoxy groups -OCH3 is 1. The van der Waals surface area contributed by atoms with Crippen LogP contribution in [0.4, 0.5) is 0 Å². The Kier molecular flexibility index (Phi) is 4.54. The van der Waals surface area contributed by atoms with Crippen molar-refractivity contribution in [2.24, 2.45) is 0 Å². The second-order valence-electron chi connectivity index (χ2n) is 5.37. The maximum atomic E-state index is 10.1. The molecule has 2 N–H and O–H groups in total. The maximum Gasteiger partial charge on any atom is 0.119 e. The van der Waals surface area contributed by atoms with Gasteiger partial charge in [-0.1, -0.05) is 6.07 Å². The van der Waals surface area contributed by atoms with E-state index < -0.39 is 6.10 Å². The summed E-state index contributed by atoms with van der Waals surface area (Å²) in [6.07, 6.45) is -0.486. The Hall–Kier alpha value is -1.06. The van der Waals surface area contributed by atoms with Crippen molar-refractivity contribution in [3.8, 4) is 5.75 Å². The summed E-state index contributed by atoms with van der Waals surface area (Å²) >= 11 is 0. The zero-order valence-corrected chi connectivity index (χ0v) is 11.4. The van der Waals surface area contributed by atoms with Crippen LogP contribution in [0.1, 0.15) is 38.0 Å². The van der Waals surface area contributed by atoms with Gasteiger partial charge < -0.3 is 15.2 Å². The van der Waals surface area contributed by atoms with E-state index in [-0.39, 0.29) is 5.54 Å². The summed E-state index contributed by atoms with van der Waals surface area (Å²) in [5, 5.41) is 13.4. The lowest BCUT2D eigenvalue weighted by molar-refractivity contribution is 0.162. The summed E-state index contributed by atoms with van der Waals surface area (Å²) in [5.41, 5.74) is 2.01. The fraction of sp³-hybridized carbons (Fsp3) is 0.571. The Morgan fingerprint density at radius 1 is 1.35 bits per heavy atom. The van der Waals surface area contributed by atoms with Gasteiger partial charge in [-0.05, 0) is 51.0 Å². The molecule has 1 unspecified atom stereocenters. The molecule has 0 saturated heterocycles. The molecule has 0 bridgehead atoms. The molecular weight excluding hydrogens is 214 g/mol. The molecule has 1 aromatic carbocycles. The van der Waals surface area contributed by atoms with Gasteiger partial charge in [-0.15, -0.1) is 0 Å². The number of hydrogen-bond donors (Lipinski definition) is 2. The minimum atomic E-state index is -0.486. The van der Waals surface area contributed by atoms with E-state index in [2.05, 4.69) is 26.1 Å². The summed E-state index contributed by atoms with van der Waals surface area (Å²) in [7, 11) is 1.64. The lowest BCUT2D eigenvalue weighted by Crippen LogP contribution is -2.38. The highest BCUT2D eigenvalue weighted by Crippen LogP contribution is 2.22. The predicted molar refractivity (Wildman–Crippen MR) is 70.4 cm³/mol. The van der Waals surface area contributed by atoms with E-state index in [0.717, 1.165) is 16.9 Å². The third-order valence-electron chi connectivity index (χ3n) is 2.66. The summed E-state index contributed by atoms with van der Waals surface area (Å²) < 4.78 is 5.15. The number of ether oxygens (including phenoxy) is 1. The quantitative estimate of drug-likeness (QED) is 0.845. The molecule has 0 radical (unpaired) electrons. The lowest BCUT2D eigenvalue weighted by Gasteiger charge is -2.23. The molecule has 0 fully saturated rings. The molecule has 1 atom stereocenters. The summed E-state index contributed by atoms with van der Waals surface area (Å²) in [5.74, 6) is 0.822. The number of rotatable bonds is 4. The molecule has 0 aliphatic rings. The van der Waals surface area contributed by atoms with Crippen molar-refractivity contribution in [1.29, 1.82) is 0 Å². The minimum Gasteiger partial charge on any atom is -0.497 e. The van der Waals surface area contributed by atoms with Crippen LogP contribution in [0, 0.1) is 6.92 Å². The van der Waals surface area contributed by atoms with Gasteiger partial charge in [-0.2, -0.15) is 0 Å². The van der Waals surface area contributed by atoms with Gasteiger partial charge in [0.05, 0.1) is 13.2 Å². The van der Waals surface area contributed by atoms with E-state index in [9.17, 15) is 5.11 Å². The highest BCUT2D eigenvalue weighted by molar-refractivity contribution is 5.36. The number of nitrogens with one attached hydrogen (secondary N) is 1. The molecule has 3 nitrogen and oxygen atoms in total. The van der Waals surface area contributed by atoms with Crippen LogP contribution in [0.15, 0.2) is 18.2 Å². The molecule has 0 aromatic heterocycles. The molecule has 0 amide bonds. The van der Waals surface area contributed by atoms with Gasteiger partial charge in [0.15, 0.2) is 0 Å². The van der Waals surface area contributed by atoms with E-state index >= 15 is 0 Å². The fourth-order valence-electron chi connectivity index (χ4n) is 1.66. The lowest BCUT2D eigenvalue weighted by atomic mass is 10.0. The smallest absolute Gasteiger partial charge is 0.119 e. The molecule has 1 aromatic rings. The van der Waals surface area contributed by atoms with Gasteiger partial charge >= 0.3 is 0 Å². The van der Waals surface area contributed by atoms with Crippen molar-refractivity contribution in [2.75, 3.05) is 13.7 Å². The van der Waals surface area contributed by atoms with Crippen LogP contribution >= 0.6 is 0 Å². The van der Waals surface area contributed by atoms with E-state index in [4.69, 9.17) is 4.74 Å². The normalized spacial score (nSPS) is 13.5. The SMILES string of the molecule is COc1ccc(C(O)CNC(C)(C)C)c(C)c1. The van der Waals surface area contributed by atoms with Crippen LogP contribution in [0.5, 0.6) is 5.75 Å². The molecular formula is C14H23NO2. The zero-order valence-electron chi connectivity index (χ0n) is 11.4. The highest BCUT2D eigenvalue weighted by atomic mass is 16.5. The monoisotopic (exact) mass is 237 g/mol. The second kappa shape index (κ2) is 5.52. The van der Waals surface area contributed by atoms with Gasteiger partial charge in [-0.25, -0.2) is 0 Å². The molecule has 0 aliphatic carbocycles. The van der Waals surface area contributed by atoms with Gasteiger partial charge in [0.2, 0.25) is 0 Å². The number of aliphatic hydroxyl groups excluding tert-OH is 1. The van der Waals surface area contributed by atoms with Crippen molar-refractivity contribution < 1.29 is 9.84 Å². The first-order valence-corrected chi connectivity index (χ1v) is 5.91. The largest absolute Gasteiger partial charge is 0.497 e. The molecule has 96 valence electrons. The Labute approximate surface area is 104 Å². The van der Waals surface area contributed by atoms with E-state index in [1.165, 1.54) is 0 Å². The highest BCUT2D eigenvalue weighted by Gasteiger charge is 2.15. The topological polar surface area (TPSA) is 41.5 Å². The Bertz CT molecular complexity index is 369. The van der Waals surface area contributed by atoms with Crippen LogP contribution in [-0.4, -0.2) is 24.3 Å². The van der Waals surface area contributed by atoms with Crippen LogP contribution in [0.2, 0.25) is 0 Å². The third kappa shape index (κ3) is 4.36. The number of aryl methyl sites for hydroxylation is 1. The second-order valence-corrected chi connectivity index (χ2v) is 5.37. The molecule has 0 aliphatic heterocycles. The standard InChI is InChI=1S/C14H23NO2/c1-10-8-11(17-5)6-7-12(10)13(16)9-15-14(2,3)4/h6-8,13,15-16H,9H2,1-5H3. The van der Waals surface area contributed by atoms with Crippen molar-refractivity contribution in [3.05, 3.63) is 29.3 Å². The molecule has 1 rings (SSSR count). The van der Waals surface area contributed by atoms with Crippen molar-refractivity contribution in [1.82, 2.24) is 5.32 Å². The first kappa shape index (κ1) is 14.0. The van der Waals surface area contributed by atoms with Crippen LogP contribution in [-0.2, 0) is 0 Å². The van der Waals surface area contributed by atoms with Gasteiger partial charge in [0.25, 0.3) is 0 Å². The Balaban J connectivity index is 2.72. The van der Waals surface area contributed by atoms with Crippen molar-refractivity contribution in [2.45, 2.75) is 39.3 Å². The number of β-amino-alcohol motifs (C(OH)–C–C–N with tert-alkyl or cyclic N) is 1. The van der Waals surface area contributed by atoms with Crippen molar-refractivity contribution in [3.63, 3.8) is 0 Å². The average molecular weight is 237 g/mol. The van der Waals surface area contributed by atoms with Crippen LogP contribution in [0.3, 0.4) is 0 Å². The Morgan fingerprint density at radius 3 is 2.47 bits per heavy atom. The van der Waals surface area contributed by atoms with Crippen LogP contribution in [0.25, 0.3) is 0 Å². The molecule has 0 spiro atoms. The molecule has 3 heteroatoms. The summed E-state index contributed by atoms with van der Waals surface area (Å²) in [6, 6.07) is 5.74. The van der Waals surface area contributed by atoms with Gasteiger partial charge in [-0.3, -0.25) is 0 Å². The van der Waals surface area contributed by atoms with E-state index in [1.54, 1.807) is 7.11 Å². The van der Waals surface area contributed by atoms with E-state index in [0.29, 0.717) is 6.54 Å². The number of hydrogen-bond acceptors (Lipinski definition) is 3. The molecule has 0 saturated carbocycles. The Morgan fingerprint density at radius 2 is 2.00 bits per heavy atom. The number of aliphatic hydroxyl groups is 1. The zero-order chi connectivity index (χ0) is 13.1. The number of benzene rings is 1. The minimum absolute atomic E-state index is 0.0152. The average Bonchev–Trinajstić information content (AvgIpc) is 2.24. The third-order valence-corrected chi connectivity index (χ3v) is 2.66.